The van der Waals surface area contributed by atoms with Gasteiger partial charge in [0, 0.05) is 6.04 Å². The van der Waals surface area contributed by atoms with Gasteiger partial charge in [0.15, 0.2) is 15.9 Å². The van der Waals surface area contributed by atoms with E-state index in [1.54, 1.807) is 13.8 Å². The van der Waals surface area contributed by atoms with Gasteiger partial charge in [0.1, 0.15) is 0 Å². The minimum atomic E-state index is -3.07. The van der Waals surface area contributed by atoms with Crippen molar-refractivity contribution in [2.75, 3.05) is 11.5 Å². The summed E-state index contributed by atoms with van der Waals surface area (Å²) in [5.74, 6) is -0.966. The van der Waals surface area contributed by atoms with Crippen molar-refractivity contribution < 1.29 is 22.7 Å². The first-order valence-electron chi connectivity index (χ1n) is 7.89. The van der Waals surface area contributed by atoms with E-state index in [0.717, 1.165) is 5.56 Å². The molecule has 1 fully saturated rings. The van der Waals surface area contributed by atoms with Crippen molar-refractivity contribution in [3.8, 4) is 0 Å². The number of ether oxygens (including phenoxy) is 1. The standard InChI is InChI=1S/C17H23NO5S/c1-12(15(19)18-14-9-10-24(21,22)11-14)23-16(20)17(2,3)13-7-5-4-6-8-13/h4-8,12,14H,9-11H2,1-3H3,(H,18,19)/t12-,14+/m1/s1. The number of carbonyl (C=O) groups is 2. The molecule has 0 bridgehead atoms. The third kappa shape index (κ3) is 4.35. The van der Waals surface area contributed by atoms with E-state index in [0.29, 0.717) is 6.42 Å². The van der Waals surface area contributed by atoms with Gasteiger partial charge in [-0.25, -0.2) is 8.42 Å². The number of hydrogen-bond donors (Lipinski definition) is 1. The molecule has 1 aliphatic heterocycles. The molecule has 0 saturated carbocycles. The first kappa shape index (κ1) is 18.4. The van der Waals surface area contributed by atoms with Crippen molar-refractivity contribution in [2.24, 2.45) is 0 Å². The average Bonchev–Trinajstić information content (AvgIpc) is 2.86. The highest BCUT2D eigenvalue weighted by atomic mass is 32.2. The molecule has 24 heavy (non-hydrogen) atoms. The van der Waals surface area contributed by atoms with Crippen molar-refractivity contribution in [3.05, 3.63) is 35.9 Å². The SMILES string of the molecule is C[C@@H](OC(=O)C(C)(C)c1ccccc1)C(=O)N[C@H]1CCS(=O)(=O)C1. The van der Waals surface area contributed by atoms with Crippen molar-refractivity contribution >= 4 is 21.7 Å². The summed E-state index contributed by atoms with van der Waals surface area (Å²) in [7, 11) is -3.07. The largest absolute Gasteiger partial charge is 0.452 e. The molecule has 132 valence electrons. The first-order valence-corrected chi connectivity index (χ1v) is 9.71. The third-order valence-electron chi connectivity index (χ3n) is 4.24. The molecule has 1 heterocycles. The summed E-state index contributed by atoms with van der Waals surface area (Å²) in [5, 5.41) is 2.64. The van der Waals surface area contributed by atoms with Crippen molar-refractivity contribution in [1.82, 2.24) is 5.32 Å². The van der Waals surface area contributed by atoms with Crippen LogP contribution in [0.25, 0.3) is 0 Å². The number of carbonyl (C=O) groups excluding carboxylic acids is 2. The Morgan fingerprint density at radius 3 is 2.42 bits per heavy atom. The van der Waals surface area contributed by atoms with Crippen molar-refractivity contribution in [3.63, 3.8) is 0 Å². The zero-order valence-electron chi connectivity index (χ0n) is 14.1. The number of esters is 1. The van der Waals surface area contributed by atoms with Crippen LogP contribution in [0.1, 0.15) is 32.8 Å². The molecule has 1 aromatic carbocycles. The van der Waals surface area contributed by atoms with Crippen LogP contribution in [-0.2, 0) is 29.6 Å². The fourth-order valence-electron chi connectivity index (χ4n) is 2.56. The van der Waals surface area contributed by atoms with Crippen molar-refractivity contribution in [1.29, 1.82) is 0 Å². The average molecular weight is 353 g/mol. The number of benzene rings is 1. The maximum Gasteiger partial charge on any atom is 0.316 e. The Balaban J connectivity index is 1.95. The molecule has 0 aliphatic carbocycles. The van der Waals surface area contributed by atoms with Crippen molar-refractivity contribution in [2.45, 2.75) is 44.8 Å². The van der Waals surface area contributed by atoms with E-state index in [-0.39, 0.29) is 11.5 Å². The van der Waals surface area contributed by atoms with Crippen LogP contribution in [0.3, 0.4) is 0 Å². The summed E-state index contributed by atoms with van der Waals surface area (Å²) in [5.41, 5.74) is -0.0866. The number of rotatable bonds is 5. The second-order valence-electron chi connectivity index (χ2n) is 6.65. The smallest absolute Gasteiger partial charge is 0.316 e. The minimum absolute atomic E-state index is 0.0606. The Hall–Kier alpha value is -1.89. The van der Waals surface area contributed by atoms with E-state index >= 15 is 0 Å². The highest BCUT2D eigenvalue weighted by Crippen LogP contribution is 2.25. The summed E-state index contributed by atoms with van der Waals surface area (Å²) < 4.78 is 28.1. The van der Waals surface area contributed by atoms with Gasteiger partial charge in [-0.3, -0.25) is 9.59 Å². The highest BCUT2D eigenvalue weighted by molar-refractivity contribution is 7.91. The molecule has 1 saturated heterocycles. The topological polar surface area (TPSA) is 89.5 Å². The molecule has 0 spiro atoms. The molecule has 1 aliphatic rings. The van der Waals surface area contributed by atoms with Crippen LogP contribution in [0.5, 0.6) is 0 Å². The lowest BCUT2D eigenvalue weighted by Gasteiger charge is -2.25. The molecule has 0 unspecified atom stereocenters. The normalized spacial score (nSPS) is 21.0. The zero-order chi connectivity index (χ0) is 18.0. The van der Waals surface area contributed by atoms with Gasteiger partial charge in [0.25, 0.3) is 5.91 Å². The summed E-state index contributed by atoms with van der Waals surface area (Å²) in [6.45, 7) is 4.95. The van der Waals surface area contributed by atoms with Gasteiger partial charge in [-0.1, -0.05) is 30.3 Å². The quantitative estimate of drug-likeness (QED) is 0.804. The lowest BCUT2D eigenvalue weighted by Crippen LogP contribution is -2.44. The molecule has 1 N–H and O–H groups in total. The van der Waals surface area contributed by atoms with Gasteiger partial charge >= 0.3 is 5.97 Å². The van der Waals surface area contributed by atoms with E-state index in [2.05, 4.69) is 5.32 Å². The fourth-order valence-corrected chi connectivity index (χ4v) is 4.23. The summed E-state index contributed by atoms with van der Waals surface area (Å²) in [4.78, 5) is 24.5. The zero-order valence-corrected chi connectivity index (χ0v) is 14.9. The van der Waals surface area contributed by atoms with Gasteiger partial charge in [-0.2, -0.15) is 0 Å². The monoisotopic (exact) mass is 353 g/mol. The number of nitrogens with one attached hydrogen (secondary N) is 1. The van der Waals surface area contributed by atoms with E-state index in [1.165, 1.54) is 6.92 Å². The van der Waals surface area contributed by atoms with E-state index in [1.807, 2.05) is 30.3 Å². The first-order chi connectivity index (χ1) is 11.1. The van der Waals surface area contributed by atoms with Gasteiger partial charge in [0.05, 0.1) is 16.9 Å². The summed E-state index contributed by atoms with van der Waals surface area (Å²) in [6.07, 6.45) is -0.589. The Morgan fingerprint density at radius 1 is 1.25 bits per heavy atom. The maximum atomic E-state index is 12.4. The predicted molar refractivity (Wildman–Crippen MR) is 90.2 cm³/mol. The van der Waals surface area contributed by atoms with Crippen LogP contribution in [-0.4, -0.2) is 43.9 Å². The molecule has 7 heteroatoms. The number of amides is 1. The molecule has 2 atom stereocenters. The second-order valence-corrected chi connectivity index (χ2v) is 8.88. The Labute approximate surface area is 142 Å². The van der Waals surface area contributed by atoms with Crippen LogP contribution in [0.4, 0.5) is 0 Å². The highest BCUT2D eigenvalue weighted by Gasteiger charge is 2.35. The fraction of sp³-hybridized carbons (Fsp3) is 0.529. The van der Waals surface area contributed by atoms with Crippen LogP contribution in [0.2, 0.25) is 0 Å². The molecule has 6 nitrogen and oxygen atoms in total. The van der Waals surface area contributed by atoms with E-state index in [9.17, 15) is 18.0 Å². The predicted octanol–water partition coefficient (Wildman–Crippen LogP) is 1.20. The lowest BCUT2D eigenvalue weighted by atomic mass is 9.85. The van der Waals surface area contributed by atoms with Gasteiger partial charge in [-0.05, 0) is 32.8 Å². The lowest BCUT2D eigenvalue weighted by molar-refractivity contribution is -0.159. The van der Waals surface area contributed by atoms with Crippen LogP contribution in [0, 0.1) is 0 Å². The van der Waals surface area contributed by atoms with E-state index in [4.69, 9.17) is 4.74 Å². The molecular weight excluding hydrogens is 330 g/mol. The number of sulfone groups is 1. The summed E-state index contributed by atoms with van der Waals surface area (Å²) >= 11 is 0. The molecular formula is C17H23NO5S. The van der Waals surface area contributed by atoms with Gasteiger partial charge < -0.3 is 10.1 Å². The molecule has 1 amide bonds. The maximum absolute atomic E-state index is 12.4. The molecule has 2 rings (SSSR count). The van der Waals surface area contributed by atoms with E-state index < -0.39 is 39.3 Å². The summed E-state index contributed by atoms with van der Waals surface area (Å²) in [6, 6.07) is 8.77. The van der Waals surface area contributed by atoms with Crippen LogP contribution in [0.15, 0.2) is 30.3 Å². The Morgan fingerprint density at radius 2 is 1.88 bits per heavy atom. The minimum Gasteiger partial charge on any atom is -0.452 e. The number of hydrogen-bond acceptors (Lipinski definition) is 5. The van der Waals surface area contributed by atoms with Crippen LogP contribution >= 0.6 is 0 Å². The van der Waals surface area contributed by atoms with Gasteiger partial charge in [-0.15, -0.1) is 0 Å². The molecule has 1 aromatic rings. The second kappa shape index (κ2) is 6.93. The molecule has 0 radical (unpaired) electrons. The Kier molecular flexibility index (Phi) is 5.32. The van der Waals surface area contributed by atoms with Crippen LogP contribution < -0.4 is 5.32 Å². The molecule has 0 aromatic heterocycles. The van der Waals surface area contributed by atoms with Gasteiger partial charge in [0.2, 0.25) is 0 Å². The third-order valence-corrected chi connectivity index (χ3v) is 6.01. The Bertz CT molecular complexity index is 712.